The number of rotatable bonds is 0. The van der Waals surface area contributed by atoms with Crippen LogP contribution in [0.5, 0.6) is 5.75 Å². The third-order valence-electron chi connectivity index (χ3n) is 1.67. The van der Waals surface area contributed by atoms with Gasteiger partial charge in [0.2, 0.25) is 0 Å². The summed E-state index contributed by atoms with van der Waals surface area (Å²) in [6.45, 7) is 0. The molecule has 0 fully saturated rings. The molecule has 0 saturated heterocycles. The fourth-order valence-corrected chi connectivity index (χ4v) is 1.10. The maximum Gasteiger partial charge on any atom is 0.192 e. The SMILES string of the molecule is O=c1ccoc2c(O)cccc12. The number of para-hydroxylation sites is 1. The molecular weight excluding hydrogens is 156 g/mol. The van der Waals surface area contributed by atoms with E-state index in [1.54, 1.807) is 12.1 Å². The van der Waals surface area contributed by atoms with Gasteiger partial charge in [0, 0.05) is 6.07 Å². The highest BCUT2D eigenvalue weighted by atomic mass is 16.3. The van der Waals surface area contributed by atoms with Crippen LogP contribution in [0.4, 0.5) is 0 Å². The number of fused-ring (bicyclic) bond motifs is 1. The maximum atomic E-state index is 11.2. The summed E-state index contributed by atoms with van der Waals surface area (Å²) >= 11 is 0. The minimum Gasteiger partial charge on any atom is -0.504 e. The van der Waals surface area contributed by atoms with Crippen molar-refractivity contribution >= 4 is 11.0 Å². The van der Waals surface area contributed by atoms with Crippen LogP contribution >= 0.6 is 0 Å². The largest absolute Gasteiger partial charge is 0.504 e. The molecule has 1 heterocycles. The molecule has 0 amide bonds. The van der Waals surface area contributed by atoms with Crippen molar-refractivity contribution in [2.45, 2.75) is 0 Å². The fraction of sp³-hybridized carbons (Fsp3) is 0. The Labute approximate surface area is 67.9 Å². The summed E-state index contributed by atoms with van der Waals surface area (Å²) in [5.74, 6) is -0.00907. The Balaban J connectivity index is 3.05. The highest BCUT2D eigenvalue weighted by Crippen LogP contribution is 2.20. The Kier molecular flexibility index (Phi) is 1.37. The number of aromatic hydroxyl groups is 1. The van der Waals surface area contributed by atoms with Crippen LogP contribution in [-0.4, -0.2) is 5.11 Å². The van der Waals surface area contributed by atoms with Crippen LogP contribution in [0.15, 0.2) is 39.7 Å². The Bertz CT molecular complexity index is 470. The molecule has 2 rings (SSSR count). The molecule has 0 spiro atoms. The molecule has 3 nitrogen and oxygen atoms in total. The van der Waals surface area contributed by atoms with E-state index in [0.717, 1.165) is 0 Å². The predicted octanol–water partition coefficient (Wildman–Crippen LogP) is 1.50. The minimum atomic E-state index is -0.146. The molecule has 3 heteroatoms. The molecule has 60 valence electrons. The van der Waals surface area contributed by atoms with Gasteiger partial charge in [0.05, 0.1) is 11.6 Å². The highest BCUT2D eigenvalue weighted by Gasteiger charge is 2.02. The average molecular weight is 162 g/mol. The Hall–Kier alpha value is -1.77. The molecule has 2 aromatic rings. The third kappa shape index (κ3) is 0.871. The summed E-state index contributed by atoms with van der Waals surface area (Å²) in [5.41, 5.74) is 0.0946. The second-order valence-electron chi connectivity index (χ2n) is 2.44. The van der Waals surface area contributed by atoms with Crippen molar-refractivity contribution in [3.63, 3.8) is 0 Å². The van der Waals surface area contributed by atoms with Gasteiger partial charge in [0.25, 0.3) is 0 Å². The summed E-state index contributed by atoms with van der Waals surface area (Å²) in [7, 11) is 0. The lowest BCUT2D eigenvalue weighted by molar-refractivity contribution is 0.463. The molecule has 1 aromatic heterocycles. The second kappa shape index (κ2) is 2.37. The summed E-state index contributed by atoms with van der Waals surface area (Å²) in [5, 5.41) is 9.66. The third-order valence-corrected chi connectivity index (χ3v) is 1.67. The van der Waals surface area contributed by atoms with E-state index in [2.05, 4.69) is 0 Å². The first kappa shape index (κ1) is 6.91. The highest BCUT2D eigenvalue weighted by molar-refractivity contribution is 5.81. The normalized spacial score (nSPS) is 10.3. The predicted molar refractivity (Wildman–Crippen MR) is 44.1 cm³/mol. The lowest BCUT2D eigenvalue weighted by atomic mass is 10.2. The minimum absolute atomic E-state index is 0.00907. The van der Waals surface area contributed by atoms with Crippen LogP contribution in [0.3, 0.4) is 0 Å². The monoisotopic (exact) mass is 162 g/mol. The van der Waals surface area contributed by atoms with E-state index >= 15 is 0 Å². The first-order chi connectivity index (χ1) is 5.79. The van der Waals surface area contributed by atoms with Crippen LogP contribution in [0.25, 0.3) is 11.0 Å². The molecular formula is C9H6O3. The molecule has 1 aromatic carbocycles. The molecule has 0 saturated carbocycles. The topological polar surface area (TPSA) is 50.4 Å². The second-order valence-corrected chi connectivity index (χ2v) is 2.44. The molecule has 0 aliphatic rings. The number of phenolic OH excluding ortho intramolecular Hbond substituents is 1. The van der Waals surface area contributed by atoms with E-state index in [-0.39, 0.29) is 16.8 Å². The van der Waals surface area contributed by atoms with Crippen molar-refractivity contribution in [2.24, 2.45) is 0 Å². The first-order valence-electron chi connectivity index (χ1n) is 3.48. The zero-order chi connectivity index (χ0) is 8.55. The van der Waals surface area contributed by atoms with Crippen molar-refractivity contribution in [1.82, 2.24) is 0 Å². The van der Waals surface area contributed by atoms with Gasteiger partial charge in [-0.25, -0.2) is 0 Å². The zero-order valence-corrected chi connectivity index (χ0v) is 6.15. The van der Waals surface area contributed by atoms with Gasteiger partial charge in [0.15, 0.2) is 16.8 Å². The molecule has 0 aliphatic carbocycles. The lowest BCUT2D eigenvalue weighted by Gasteiger charge is -1.96. The standard InChI is InChI=1S/C9H6O3/c10-7-4-5-12-9-6(7)2-1-3-8(9)11/h1-5,11H. The van der Waals surface area contributed by atoms with Gasteiger partial charge in [0.1, 0.15) is 0 Å². The Morgan fingerprint density at radius 1 is 1.25 bits per heavy atom. The number of benzene rings is 1. The number of phenols is 1. The molecule has 0 unspecified atom stereocenters. The molecule has 1 N–H and O–H groups in total. The van der Waals surface area contributed by atoms with Crippen molar-refractivity contribution in [2.75, 3.05) is 0 Å². The van der Waals surface area contributed by atoms with Crippen molar-refractivity contribution in [1.29, 1.82) is 0 Å². The van der Waals surface area contributed by atoms with E-state index in [9.17, 15) is 9.90 Å². The van der Waals surface area contributed by atoms with Gasteiger partial charge in [-0.2, -0.15) is 0 Å². The van der Waals surface area contributed by atoms with Crippen LogP contribution in [0, 0.1) is 0 Å². The summed E-state index contributed by atoms with van der Waals surface area (Å²) in [6, 6.07) is 6.02. The number of hydrogen-bond donors (Lipinski definition) is 1. The van der Waals surface area contributed by atoms with Crippen molar-refractivity contribution in [3.8, 4) is 5.75 Å². The van der Waals surface area contributed by atoms with Crippen molar-refractivity contribution in [3.05, 3.63) is 40.8 Å². The Morgan fingerprint density at radius 2 is 2.08 bits per heavy atom. The van der Waals surface area contributed by atoms with Crippen LogP contribution in [0.2, 0.25) is 0 Å². The van der Waals surface area contributed by atoms with Gasteiger partial charge >= 0.3 is 0 Å². The quantitative estimate of drug-likeness (QED) is 0.638. The van der Waals surface area contributed by atoms with Crippen LogP contribution in [0.1, 0.15) is 0 Å². The van der Waals surface area contributed by atoms with Crippen LogP contribution in [-0.2, 0) is 0 Å². The molecule has 0 bridgehead atoms. The van der Waals surface area contributed by atoms with Gasteiger partial charge < -0.3 is 9.52 Å². The molecule has 12 heavy (non-hydrogen) atoms. The fourth-order valence-electron chi connectivity index (χ4n) is 1.10. The van der Waals surface area contributed by atoms with Gasteiger partial charge in [-0.1, -0.05) is 6.07 Å². The van der Waals surface area contributed by atoms with Gasteiger partial charge in [-0.3, -0.25) is 4.79 Å². The summed E-state index contributed by atoms with van der Waals surface area (Å²) in [4.78, 5) is 11.2. The van der Waals surface area contributed by atoms with Gasteiger partial charge in [-0.15, -0.1) is 0 Å². The van der Waals surface area contributed by atoms with Gasteiger partial charge in [-0.05, 0) is 12.1 Å². The smallest absolute Gasteiger partial charge is 0.192 e. The van der Waals surface area contributed by atoms with E-state index in [4.69, 9.17) is 4.42 Å². The summed E-state index contributed by atoms with van der Waals surface area (Å²) < 4.78 is 4.97. The molecule has 0 atom stereocenters. The number of hydrogen-bond acceptors (Lipinski definition) is 3. The molecule has 0 aliphatic heterocycles. The maximum absolute atomic E-state index is 11.2. The molecule has 0 radical (unpaired) electrons. The lowest BCUT2D eigenvalue weighted by Crippen LogP contribution is -1.96. The summed E-state index contributed by atoms with van der Waals surface area (Å²) in [6.07, 6.45) is 1.27. The first-order valence-corrected chi connectivity index (χ1v) is 3.48. The van der Waals surface area contributed by atoms with Crippen LogP contribution < -0.4 is 5.43 Å². The van der Waals surface area contributed by atoms with Crippen molar-refractivity contribution < 1.29 is 9.52 Å². The van der Waals surface area contributed by atoms with E-state index in [1.165, 1.54) is 18.4 Å². The van der Waals surface area contributed by atoms with E-state index in [0.29, 0.717) is 5.39 Å². The zero-order valence-electron chi connectivity index (χ0n) is 6.15. The van der Waals surface area contributed by atoms with E-state index in [1.807, 2.05) is 0 Å². The average Bonchev–Trinajstić information content (AvgIpc) is 2.07. The Morgan fingerprint density at radius 3 is 2.83 bits per heavy atom. The van der Waals surface area contributed by atoms with E-state index < -0.39 is 0 Å².